The van der Waals surface area contributed by atoms with Crippen LogP contribution in [0.3, 0.4) is 0 Å². The summed E-state index contributed by atoms with van der Waals surface area (Å²) >= 11 is 2.80. The number of alkyl halides is 3. The molecule has 0 radical (unpaired) electrons. The smallest absolute Gasteiger partial charge is 0.416 e. The number of halogens is 3. The summed E-state index contributed by atoms with van der Waals surface area (Å²) in [5.74, 6) is -0.420. The van der Waals surface area contributed by atoms with Crippen LogP contribution in [0.15, 0.2) is 47.3 Å². The highest BCUT2D eigenvalue weighted by Crippen LogP contribution is 2.35. The van der Waals surface area contributed by atoms with Gasteiger partial charge in [-0.1, -0.05) is 6.07 Å². The highest BCUT2D eigenvalue weighted by atomic mass is 32.1. The van der Waals surface area contributed by atoms with Crippen LogP contribution in [0, 0.1) is 0 Å². The largest absolute Gasteiger partial charge is 0.495 e. The van der Waals surface area contributed by atoms with Crippen molar-refractivity contribution in [1.29, 1.82) is 0 Å². The fraction of sp³-hybridized carbons (Fsp3) is 0.111. The fourth-order valence-electron chi connectivity index (χ4n) is 2.66. The van der Waals surface area contributed by atoms with Gasteiger partial charge in [-0.15, -0.1) is 22.7 Å². The molecular weight excluding hydrogens is 411 g/mol. The number of thiazole rings is 1. The van der Waals surface area contributed by atoms with Gasteiger partial charge in [-0.05, 0) is 29.6 Å². The standard InChI is InChI=1S/C18H12F3N3O2S2/c1-26-14-5-4-10(18(19,20)21)7-11(14)22-16(25)13-9-28-17-23-12(8-24(13)17)15-3-2-6-27-15/h2-9H,1H3,(H,22,25). The maximum absolute atomic E-state index is 13.0. The molecule has 0 aliphatic carbocycles. The van der Waals surface area contributed by atoms with Gasteiger partial charge < -0.3 is 10.1 Å². The predicted molar refractivity (Wildman–Crippen MR) is 102 cm³/mol. The summed E-state index contributed by atoms with van der Waals surface area (Å²) < 4.78 is 45.7. The lowest BCUT2D eigenvalue weighted by Crippen LogP contribution is -2.15. The Morgan fingerprint density at radius 2 is 2.07 bits per heavy atom. The molecule has 3 aromatic heterocycles. The number of hydrogen-bond donors (Lipinski definition) is 1. The number of methoxy groups -OCH3 is 1. The number of imidazole rings is 1. The van der Waals surface area contributed by atoms with E-state index in [9.17, 15) is 18.0 Å². The van der Waals surface area contributed by atoms with Crippen molar-refractivity contribution in [3.05, 3.63) is 58.5 Å². The van der Waals surface area contributed by atoms with Gasteiger partial charge in [-0.25, -0.2) is 4.98 Å². The van der Waals surface area contributed by atoms with Crippen LogP contribution in [0.2, 0.25) is 0 Å². The van der Waals surface area contributed by atoms with Crippen LogP contribution in [0.5, 0.6) is 5.75 Å². The number of nitrogens with zero attached hydrogens (tertiary/aromatic N) is 2. The lowest BCUT2D eigenvalue weighted by molar-refractivity contribution is -0.137. The van der Waals surface area contributed by atoms with E-state index in [1.165, 1.54) is 35.8 Å². The van der Waals surface area contributed by atoms with Crippen LogP contribution >= 0.6 is 22.7 Å². The first-order chi connectivity index (χ1) is 13.4. The van der Waals surface area contributed by atoms with Crippen molar-refractivity contribution in [3.8, 4) is 16.3 Å². The molecule has 0 aliphatic heterocycles. The summed E-state index contributed by atoms with van der Waals surface area (Å²) in [6.45, 7) is 0. The number of carbonyl (C=O) groups is 1. The van der Waals surface area contributed by atoms with Gasteiger partial charge in [0.1, 0.15) is 17.1 Å². The van der Waals surface area contributed by atoms with Gasteiger partial charge in [-0.2, -0.15) is 13.2 Å². The zero-order valence-corrected chi connectivity index (χ0v) is 15.9. The number of fused-ring (bicyclic) bond motifs is 1. The Morgan fingerprint density at radius 1 is 1.25 bits per heavy atom. The number of carbonyl (C=O) groups excluding carboxylic acids is 1. The average Bonchev–Trinajstić information content (AvgIpc) is 3.36. The van der Waals surface area contributed by atoms with Crippen LogP contribution in [0.25, 0.3) is 15.5 Å². The van der Waals surface area contributed by atoms with Crippen LogP contribution < -0.4 is 10.1 Å². The van der Waals surface area contributed by atoms with E-state index in [-0.39, 0.29) is 17.1 Å². The highest BCUT2D eigenvalue weighted by Gasteiger charge is 2.31. The number of rotatable bonds is 4. The first-order valence-corrected chi connectivity index (χ1v) is 9.70. The molecule has 0 spiro atoms. The number of aromatic nitrogens is 2. The Morgan fingerprint density at radius 3 is 2.75 bits per heavy atom. The normalized spacial score (nSPS) is 11.7. The minimum atomic E-state index is -4.53. The van der Waals surface area contributed by atoms with Crippen LogP contribution in [-0.2, 0) is 6.18 Å². The van der Waals surface area contributed by atoms with E-state index in [0.29, 0.717) is 4.96 Å². The summed E-state index contributed by atoms with van der Waals surface area (Å²) in [4.78, 5) is 18.8. The van der Waals surface area contributed by atoms with Crippen molar-refractivity contribution in [2.24, 2.45) is 0 Å². The molecule has 4 rings (SSSR count). The van der Waals surface area contributed by atoms with Crippen molar-refractivity contribution in [2.45, 2.75) is 6.18 Å². The van der Waals surface area contributed by atoms with Gasteiger partial charge in [0.25, 0.3) is 5.91 Å². The fourth-order valence-corrected chi connectivity index (χ4v) is 4.19. The molecule has 1 amide bonds. The van der Waals surface area contributed by atoms with Gasteiger partial charge in [0.15, 0.2) is 4.96 Å². The van der Waals surface area contributed by atoms with Crippen molar-refractivity contribution in [1.82, 2.24) is 9.38 Å². The van der Waals surface area contributed by atoms with E-state index in [4.69, 9.17) is 4.74 Å². The van der Waals surface area contributed by atoms with Crippen LogP contribution in [-0.4, -0.2) is 22.4 Å². The maximum atomic E-state index is 13.0. The SMILES string of the molecule is COc1ccc(C(F)(F)F)cc1NC(=O)c1csc2nc(-c3cccs3)cn12. The molecule has 0 bridgehead atoms. The second kappa shape index (κ2) is 6.95. The molecule has 1 aromatic carbocycles. The van der Waals surface area contributed by atoms with Gasteiger partial charge in [-0.3, -0.25) is 9.20 Å². The summed E-state index contributed by atoms with van der Waals surface area (Å²) in [5, 5.41) is 6.04. The Kier molecular flexibility index (Phi) is 4.60. The van der Waals surface area contributed by atoms with E-state index in [1.807, 2.05) is 17.5 Å². The third kappa shape index (κ3) is 3.36. The lowest BCUT2D eigenvalue weighted by atomic mass is 10.1. The highest BCUT2D eigenvalue weighted by molar-refractivity contribution is 7.15. The molecule has 0 atom stereocenters. The Labute approximate surface area is 165 Å². The van der Waals surface area contributed by atoms with Crippen molar-refractivity contribution >= 4 is 39.2 Å². The van der Waals surface area contributed by atoms with Gasteiger partial charge in [0.05, 0.1) is 23.2 Å². The van der Waals surface area contributed by atoms with Crippen LogP contribution in [0.4, 0.5) is 18.9 Å². The molecule has 0 aliphatic rings. The molecule has 0 saturated carbocycles. The van der Waals surface area contributed by atoms with Crippen LogP contribution in [0.1, 0.15) is 16.1 Å². The second-order valence-corrected chi connectivity index (χ2v) is 7.53. The number of thiophene rings is 1. The number of amides is 1. The lowest BCUT2D eigenvalue weighted by Gasteiger charge is -2.13. The molecule has 0 unspecified atom stereocenters. The number of nitrogens with one attached hydrogen (secondary N) is 1. The molecule has 0 saturated heterocycles. The Hall–Kier alpha value is -2.85. The molecule has 0 fully saturated rings. The Balaban J connectivity index is 1.67. The predicted octanol–water partition coefficient (Wildman–Crippen LogP) is 5.40. The number of ether oxygens (including phenoxy) is 1. The van der Waals surface area contributed by atoms with Gasteiger partial charge in [0.2, 0.25) is 0 Å². The summed E-state index contributed by atoms with van der Waals surface area (Å²) in [5.41, 5.74) is 0.0734. The topological polar surface area (TPSA) is 55.6 Å². The average molecular weight is 423 g/mol. The third-order valence-electron chi connectivity index (χ3n) is 3.99. The zero-order valence-electron chi connectivity index (χ0n) is 14.3. The quantitative estimate of drug-likeness (QED) is 0.478. The first-order valence-electron chi connectivity index (χ1n) is 7.94. The zero-order chi connectivity index (χ0) is 19.9. The van der Waals surface area contributed by atoms with E-state index < -0.39 is 17.6 Å². The van der Waals surface area contributed by atoms with E-state index in [1.54, 1.807) is 16.0 Å². The van der Waals surface area contributed by atoms with E-state index in [2.05, 4.69) is 10.3 Å². The molecule has 3 heterocycles. The first kappa shape index (κ1) is 18.5. The number of anilines is 1. The second-order valence-electron chi connectivity index (χ2n) is 5.74. The minimum Gasteiger partial charge on any atom is -0.495 e. The number of benzene rings is 1. The molecular formula is C18H12F3N3O2S2. The van der Waals surface area contributed by atoms with E-state index in [0.717, 1.165) is 22.7 Å². The summed E-state index contributed by atoms with van der Waals surface area (Å²) in [7, 11) is 1.32. The molecule has 1 N–H and O–H groups in total. The monoisotopic (exact) mass is 423 g/mol. The third-order valence-corrected chi connectivity index (χ3v) is 5.72. The van der Waals surface area contributed by atoms with Crippen molar-refractivity contribution in [3.63, 3.8) is 0 Å². The summed E-state index contributed by atoms with van der Waals surface area (Å²) in [6.07, 6.45) is -2.79. The molecule has 5 nitrogen and oxygen atoms in total. The maximum Gasteiger partial charge on any atom is 0.416 e. The molecule has 10 heteroatoms. The minimum absolute atomic E-state index is 0.0553. The Bertz CT molecular complexity index is 1150. The van der Waals surface area contributed by atoms with Crippen molar-refractivity contribution in [2.75, 3.05) is 12.4 Å². The number of hydrogen-bond acceptors (Lipinski definition) is 5. The van der Waals surface area contributed by atoms with Crippen molar-refractivity contribution < 1.29 is 22.7 Å². The van der Waals surface area contributed by atoms with Gasteiger partial charge in [0, 0.05) is 11.6 Å². The van der Waals surface area contributed by atoms with Gasteiger partial charge >= 0.3 is 6.18 Å². The molecule has 144 valence electrons. The summed E-state index contributed by atoms with van der Waals surface area (Å²) in [6, 6.07) is 6.75. The molecule has 4 aromatic rings. The molecule has 28 heavy (non-hydrogen) atoms. The van der Waals surface area contributed by atoms with E-state index >= 15 is 0 Å².